The second kappa shape index (κ2) is 4.37. The van der Waals surface area contributed by atoms with E-state index >= 15 is 0 Å². The second-order valence-electron chi connectivity index (χ2n) is 2.62. The lowest BCUT2D eigenvalue weighted by Gasteiger charge is -1.97. The van der Waals surface area contributed by atoms with Crippen molar-refractivity contribution in [2.24, 2.45) is 0 Å². The highest BCUT2D eigenvalue weighted by atomic mass is 32.1. The van der Waals surface area contributed by atoms with Gasteiger partial charge in [-0.2, -0.15) is 0 Å². The second-order valence-corrected chi connectivity index (χ2v) is 4.46. The lowest BCUT2D eigenvalue weighted by atomic mass is 10.5. The molecule has 7 heteroatoms. The minimum absolute atomic E-state index is 0.0710. The van der Waals surface area contributed by atoms with Gasteiger partial charge in [-0.15, -0.1) is 22.7 Å². The molecule has 0 saturated heterocycles. The summed E-state index contributed by atoms with van der Waals surface area (Å²) in [4.78, 5) is 18.5. The Kier molecular flexibility index (Phi) is 2.93. The summed E-state index contributed by atoms with van der Waals surface area (Å²) in [5.41, 5.74) is 0.0710. The van der Waals surface area contributed by atoms with Gasteiger partial charge in [0.25, 0.3) is 0 Å². The van der Waals surface area contributed by atoms with Crippen molar-refractivity contribution in [2.45, 2.75) is 6.54 Å². The molecule has 78 valence electrons. The Bertz CT molecular complexity index is 452. The first-order valence-corrected chi connectivity index (χ1v) is 5.82. The van der Waals surface area contributed by atoms with Gasteiger partial charge in [-0.1, -0.05) is 0 Å². The molecule has 0 bridgehead atoms. The van der Waals surface area contributed by atoms with Crippen LogP contribution in [0.3, 0.4) is 0 Å². The van der Waals surface area contributed by atoms with Crippen LogP contribution in [0.25, 0.3) is 0 Å². The van der Waals surface area contributed by atoms with Crippen LogP contribution in [0.4, 0.5) is 5.13 Å². The van der Waals surface area contributed by atoms with Crippen molar-refractivity contribution in [3.05, 3.63) is 27.7 Å². The van der Waals surface area contributed by atoms with Crippen LogP contribution < -0.4 is 5.32 Å². The van der Waals surface area contributed by atoms with Gasteiger partial charge in [0.1, 0.15) is 5.01 Å². The zero-order valence-corrected chi connectivity index (χ0v) is 9.14. The van der Waals surface area contributed by atoms with Gasteiger partial charge in [-0.05, 0) is 0 Å². The first kappa shape index (κ1) is 10.1. The van der Waals surface area contributed by atoms with E-state index in [1.54, 1.807) is 17.5 Å². The number of hydrogen-bond acceptors (Lipinski definition) is 6. The van der Waals surface area contributed by atoms with Gasteiger partial charge in [0.2, 0.25) is 0 Å². The molecule has 2 aromatic heterocycles. The highest BCUT2D eigenvalue weighted by Gasteiger charge is 2.08. The Labute approximate surface area is 93.4 Å². The number of nitrogens with zero attached hydrogens (tertiary/aromatic N) is 2. The molecule has 2 aromatic rings. The van der Waals surface area contributed by atoms with Gasteiger partial charge in [-0.3, -0.25) is 0 Å². The molecule has 0 atom stereocenters. The molecule has 0 aliphatic rings. The summed E-state index contributed by atoms with van der Waals surface area (Å²) >= 11 is 2.82. The summed E-state index contributed by atoms with van der Waals surface area (Å²) in [6.07, 6.45) is 1.73. The van der Waals surface area contributed by atoms with Crippen LogP contribution in [0.1, 0.15) is 15.5 Å². The minimum atomic E-state index is -1.01. The fourth-order valence-corrected chi connectivity index (χ4v) is 2.18. The molecule has 0 amide bonds. The molecule has 0 aromatic carbocycles. The monoisotopic (exact) mass is 241 g/mol. The van der Waals surface area contributed by atoms with Crippen molar-refractivity contribution >= 4 is 33.8 Å². The van der Waals surface area contributed by atoms with Crippen LogP contribution in [-0.2, 0) is 6.54 Å². The maximum Gasteiger partial charge on any atom is 0.355 e. The Balaban J connectivity index is 1.96. The third-order valence-corrected chi connectivity index (χ3v) is 3.18. The number of carboxylic acid groups (broad SMARTS) is 1. The largest absolute Gasteiger partial charge is 0.476 e. The van der Waals surface area contributed by atoms with Crippen molar-refractivity contribution in [1.29, 1.82) is 0 Å². The van der Waals surface area contributed by atoms with E-state index in [9.17, 15) is 4.79 Å². The zero-order chi connectivity index (χ0) is 10.7. The molecule has 15 heavy (non-hydrogen) atoms. The first-order chi connectivity index (χ1) is 7.25. The number of nitrogens with one attached hydrogen (secondary N) is 1. The van der Waals surface area contributed by atoms with E-state index in [4.69, 9.17) is 5.11 Å². The fourth-order valence-electron chi connectivity index (χ4n) is 0.945. The topological polar surface area (TPSA) is 75.1 Å². The average Bonchev–Trinajstić information content (AvgIpc) is 2.86. The molecule has 0 saturated carbocycles. The zero-order valence-electron chi connectivity index (χ0n) is 7.51. The van der Waals surface area contributed by atoms with Gasteiger partial charge in [-0.25, -0.2) is 14.8 Å². The Morgan fingerprint density at radius 2 is 2.40 bits per heavy atom. The molecule has 2 rings (SSSR count). The van der Waals surface area contributed by atoms with E-state index in [1.807, 2.05) is 5.38 Å². The van der Waals surface area contributed by atoms with E-state index < -0.39 is 5.97 Å². The summed E-state index contributed by atoms with van der Waals surface area (Å²) < 4.78 is 0. The van der Waals surface area contributed by atoms with Crippen LogP contribution in [-0.4, -0.2) is 21.0 Å². The predicted molar refractivity (Wildman–Crippen MR) is 58.5 cm³/mol. The molecule has 0 aliphatic heterocycles. The average molecular weight is 241 g/mol. The Morgan fingerprint density at radius 3 is 3.00 bits per heavy atom. The summed E-state index contributed by atoms with van der Waals surface area (Å²) in [5.74, 6) is -1.01. The SMILES string of the molecule is O=C(O)c1csc(NCc2nccs2)n1. The van der Waals surface area contributed by atoms with E-state index in [1.165, 1.54) is 16.7 Å². The normalized spacial score (nSPS) is 10.1. The standard InChI is InChI=1S/C8H7N3O2S2/c12-7(13)5-4-15-8(11-5)10-3-6-9-1-2-14-6/h1-2,4H,3H2,(H,10,11)(H,12,13). The van der Waals surface area contributed by atoms with Crippen molar-refractivity contribution < 1.29 is 9.90 Å². The number of carbonyl (C=O) groups is 1. The van der Waals surface area contributed by atoms with E-state index in [-0.39, 0.29) is 5.69 Å². The number of rotatable bonds is 4. The maximum atomic E-state index is 10.6. The maximum absolute atomic E-state index is 10.6. The summed E-state index contributed by atoms with van der Waals surface area (Å²) in [6, 6.07) is 0. The number of aromatic carboxylic acids is 1. The van der Waals surface area contributed by atoms with Gasteiger partial charge in [0.15, 0.2) is 10.8 Å². The van der Waals surface area contributed by atoms with Crippen molar-refractivity contribution in [2.75, 3.05) is 5.32 Å². The molecule has 0 unspecified atom stereocenters. The lowest BCUT2D eigenvalue weighted by molar-refractivity contribution is 0.0691. The van der Waals surface area contributed by atoms with Crippen LogP contribution in [0.5, 0.6) is 0 Å². The van der Waals surface area contributed by atoms with Gasteiger partial charge < -0.3 is 10.4 Å². The van der Waals surface area contributed by atoms with Gasteiger partial charge in [0, 0.05) is 17.0 Å². The minimum Gasteiger partial charge on any atom is -0.476 e. The van der Waals surface area contributed by atoms with E-state index in [0.717, 1.165) is 5.01 Å². The highest BCUT2D eigenvalue weighted by Crippen LogP contribution is 2.16. The Morgan fingerprint density at radius 1 is 1.53 bits per heavy atom. The fraction of sp³-hybridized carbons (Fsp3) is 0.125. The predicted octanol–water partition coefficient (Wildman–Crippen LogP) is 1.91. The number of anilines is 1. The van der Waals surface area contributed by atoms with Crippen molar-refractivity contribution in [1.82, 2.24) is 9.97 Å². The number of hydrogen-bond donors (Lipinski definition) is 2. The summed E-state index contributed by atoms with van der Waals surface area (Å²) in [5, 5.41) is 16.6. The van der Waals surface area contributed by atoms with Crippen LogP contribution in [0, 0.1) is 0 Å². The number of thiazole rings is 2. The van der Waals surface area contributed by atoms with Gasteiger partial charge >= 0.3 is 5.97 Å². The number of aromatic nitrogens is 2. The molecule has 0 aliphatic carbocycles. The van der Waals surface area contributed by atoms with Crippen LogP contribution in [0.15, 0.2) is 17.0 Å². The number of carboxylic acids is 1. The van der Waals surface area contributed by atoms with E-state index in [0.29, 0.717) is 11.7 Å². The van der Waals surface area contributed by atoms with E-state index in [2.05, 4.69) is 15.3 Å². The van der Waals surface area contributed by atoms with Crippen molar-refractivity contribution in [3.63, 3.8) is 0 Å². The Hall–Kier alpha value is -1.47. The molecule has 0 radical (unpaired) electrons. The first-order valence-electron chi connectivity index (χ1n) is 4.07. The third kappa shape index (κ3) is 2.51. The quantitative estimate of drug-likeness (QED) is 0.855. The molecule has 2 N–H and O–H groups in total. The van der Waals surface area contributed by atoms with Crippen molar-refractivity contribution in [3.8, 4) is 0 Å². The van der Waals surface area contributed by atoms with Gasteiger partial charge in [0.05, 0.1) is 6.54 Å². The van der Waals surface area contributed by atoms with Crippen LogP contribution >= 0.6 is 22.7 Å². The molecular weight excluding hydrogens is 234 g/mol. The van der Waals surface area contributed by atoms with Crippen LogP contribution in [0.2, 0.25) is 0 Å². The molecule has 5 nitrogen and oxygen atoms in total. The lowest BCUT2D eigenvalue weighted by Crippen LogP contribution is -2.00. The summed E-state index contributed by atoms with van der Waals surface area (Å²) in [6.45, 7) is 0.574. The molecule has 0 spiro atoms. The summed E-state index contributed by atoms with van der Waals surface area (Å²) in [7, 11) is 0. The molecule has 0 fully saturated rings. The molecular formula is C8H7N3O2S2. The smallest absolute Gasteiger partial charge is 0.355 e. The highest BCUT2D eigenvalue weighted by molar-refractivity contribution is 7.14. The third-order valence-electron chi connectivity index (χ3n) is 1.60. The molecule has 2 heterocycles.